The Balaban J connectivity index is 1.76. The summed E-state index contributed by atoms with van der Waals surface area (Å²) in [6.45, 7) is 2.53. The van der Waals surface area contributed by atoms with Gasteiger partial charge in [0.15, 0.2) is 0 Å². The molecule has 2 N–H and O–H groups in total. The summed E-state index contributed by atoms with van der Waals surface area (Å²) in [6, 6.07) is 9.84. The molecule has 0 atom stereocenters. The van der Waals surface area contributed by atoms with Gasteiger partial charge in [0.2, 0.25) is 15.9 Å². The van der Waals surface area contributed by atoms with Crippen LogP contribution in [0.15, 0.2) is 41.3 Å². The highest BCUT2D eigenvalue weighted by atomic mass is 35.5. The van der Waals surface area contributed by atoms with Crippen LogP contribution < -0.4 is 10.5 Å². The van der Waals surface area contributed by atoms with E-state index in [4.69, 9.17) is 45.3 Å². The van der Waals surface area contributed by atoms with Crippen LogP contribution in [-0.2, 0) is 14.8 Å². The quantitative estimate of drug-likeness (QED) is 0.591. The molecule has 1 heterocycles. The molecule has 0 saturated carbocycles. The number of nitrogens with two attached hydrogens (primary N) is 1. The molecule has 2 aromatic rings. The molecular weight excluding hydrogens is 483 g/mol. The topological polar surface area (TPSA) is 89.7 Å². The Morgan fingerprint density at radius 3 is 2.42 bits per heavy atom. The zero-order valence-electron chi connectivity index (χ0n) is 16.9. The number of benzene rings is 2. The van der Waals surface area contributed by atoms with Crippen molar-refractivity contribution in [2.24, 2.45) is 11.1 Å². The van der Waals surface area contributed by atoms with E-state index in [1.165, 1.54) is 16.4 Å². The van der Waals surface area contributed by atoms with Gasteiger partial charge in [-0.05, 0) is 55.7 Å². The molecule has 0 aromatic heterocycles. The summed E-state index contributed by atoms with van der Waals surface area (Å²) in [6.07, 6.45) is 0.936. The van der Waals surface area contributed by atoms with E-state index in [2.05, 4.69) is 0 Å². The molecule has 1 fully saturated rings. The van der Waals surface area contributed by atoms with E-state index in [1.807, 2.05) is 13.0 Å². The number of hydrogen-bond acceptors (Lipinski definition) is 4. The maximum Gasteiger partial charge on any atom is 0.244 e. The first kappa shape index (κ1) is 24.1. The number of ether oxygens (including phenoxy) is 1. The minimum atomic E-state index is -3.83. The molecule has 0 aliphatic carbocycles. The number of hydrogen-bond donors (Lipinski definition) is 1. The van der Waals surface area contributed by atoms with Gasteiger partial charge >= 0.3 is 0 Å². The van der Waals surface area contributed by atoms with Crippen LogP contribution in [0.5, 0.6) is 5.75 Å². The van der Waals surface area contributed by atoms with Gasteiger partial charge in [0.1, 0.15) is 10.6 Å². The third kappa shape index (κ3) is 5.46. The monoisotopic (exact) mass is 504 g/mol. The van der Waals surface area contributed by atoms with Gasteiger partial charge in [-0.15, -0.1) is 0 Å². The number of carbonyl (C=O) groups excluding carboxylic acids is 1. The minimum Gasteiger partial charge on any atom is -0.493 e. The van der Waals surface area contributed by atoms with Crippen LogP contribution in [0.2, 0.25) is 15.1 Å². The highest BCUT2D eigenvalue weighted by molar-refractivity contribution is 7.89. The number of sulfonamides is 1. The zero-order chi connectivity index (χ0) is 22.8. The smallest absolute Gasteiger partial charge is 0.244 e. The van der Waals surface area contributed by atoms with E-state index in [0.29, 0.717) is 23.6 Å². The Kier molecular flexibility index (Phi) is 7.43. The molecule has 31 heavy (non-hydrogen) atoms. The summed E-state index contributed by atoms with van der Waals surface area (Å²) in [5.41, 5.74) is 5.80. The lowest BCUT2D eigenvalue weighted by molar-refractivity contribution is -0.121. The first-order valence-electron chi connectivity index (χ1n) is 9.65. The van der Waals surface area contributed by atoms with E-state index in [0.717, 1.165) is 5.56 Å². The molecule has 168 valence electrons. The van der Waals surface area contributed by atoms with E-state index in [9.17, 15) is 13.2 Å². The fourth-order valence-corrected chi connectivity index (χ4v) is 6.00. The minimum absolute atomic E-state index is 0.000388. The lowest BCUT2D eigenvalue weighted by atomic mass is 9.76. The van der Waals surface area contributed by atoms with Crippen molar-refractivity contribution < 1.29 is 17.9 Å². The van der Waals surface area contributed by atoms with Crippen LogP contribution in [-0.4, -0.2) is 38.3 Å². The Morgan fingerprint density at radius 1 is 1.13 bits per heavy atom. The summed E-state index contributed by atoms with van der Waals surface area (Å²) in [5.74, 6) is 0.177. The number of halogens is 3. The number of amides is 1. The molecule has 0 radical (unpaired) electrons. The van der Waals surface area contributed by atoms with Crippen molar-refractivity contribution in [1.29, 1.82) is 0 Å². The first-order chi connectivity index (χ1) is 14.5. The van der Waals surface area contributed by atoms with E-state index >= 15 is 0 Å². The Labute approximate surface area is 197 Å². The van der Waals surface area contributed by atoms with Crippen LogP contribution in [0.1, 0.15) is 24.8 Å². The molecule has 1 aliphatic rings. The maximum absolute atomic E-state index is 13.1. The van der Waals surface area contributed by atoms with Crippen molar-refractivity contribution in [3.05, 3.63) is 57.0 Å². The second-order valence-electron chi connectivity index (χ2n) is 7.80. The van der Waals surface area contributed by atoms with Gasteiger partial charge in [0.25, 0.3) is 0 Å². The van der Waals surface area contributed by atoms with Gasteiger partial charge in [0, 0.05) is 29.9 Å². The van der Waals surface area contributed by atoms with Crippen LogP contribution in [0.3, 0.4) is 0 Å². The number of aryl methyl sites for hydroxylation is 1. The van der Waals surface area contributed by atoms with E-state index < -0.39 is 21.3 Å². The fourth-order valence-electron chi connectivity index (χ4n) is 3.71. The second kappa shape index (κ2) is 9.55. The predicted molar refractivity (Wildman–Crippen MR) is 122 cm³/mol. The Hall–Kier alpha value is -1.51. The van der Waals surface area contributed by atoms with Crippen LogP contribution in [0, 0.1) is 12.3 Å². The highest BCUT2D eigenvalue weighted by Crippen LogP contribution is 2.39. The zero-order valence-corrected chi connectivity index (χ0v) is 20.0. The van der Waals surface area contributed by atoms with Crippen molar-refractivity contribution in [1.82, 2.24) is 4.31 Å². The van der Waals surface area contributed by atoms with Gasteiger partial charge in [-0.3, -0.25) is 4.79 Å². The van der Waals surface area contributed by atoms with Crippen LogP contribution >= 0.6 is 34.8 Å². The van der Waals surface area contributed by atoms with E-state index in [-0.39, 0.29) is 41.1 Å². The molecule has 3 rings (SSSR count). The van der Waals surface area contributed by atoms with Crippen molar-refractivity contribution >= 4 is 50.7 Å². The highest BCUT2D eigenvalue weighted by Gasteiger charge is 2.41. The van der Waals surface area contributed by atoms with Crippen LogP contribution in [0.4, 0.5) is 0 Å². The van der Waals surface area contributed by atoms with Crippen LogP contribution in [0.25, 0.3) is 0 Å². The third-order valence-corrected chi connectivity index (χ3v) is 8.84. The largest absolute Gasteiger partial charge is 0.493 e. The number of primary amides is 1. The maximum atomic E-state index is 13.1. The molecule has 1 saturated heterocycles. The summed E-state index contributed by atoms with van der Waals surface area (Å²) in [5, 5.41) is 0.812. The summed E-state index contributed by atoms with van der Waals surface area (Å²) in [7, 11) is -3.83. The summed E-state index contributed by atoms with van der Waals surface area (Å²) >= 11 is 18.2. The average molecular weight is 506 g/mol. The molecular formula is C21H23Cl3N2O4S. The molecule has 2 aromatic carbocycles. The molecule has 1 aliphatic heterocycles. The number of carbonyl (C=O) groups is 1. The number of nitrogens with zero attached hydrogens (tertiary/aromatic N) is 1. The van der Waals surface area contributed by atoms with Gasteiger partial charge in [-0.25, -0.2) is 8.42 Å². The second-order valence-corrected chi connectivity index (χ2v) is 10.9. The standard InChI is InChI=1S/C21H23Cl3N2O4S/c1-14-11-15(5-6-16(14)22)30-13-21(12-19(25)27)7-9-26(10-8-21)31(28,29)18-4-2-3-17(23)20(18)24/h2-6,11H,7-10,12-13H2,1H3,(H2,25,27). The Bertz CT molecular complexity index is 1080. The molecule has 10 heteroatoms. The van der Waals surface area contributed by atoms with Crippen molar-refractivity contribution in [2.75, 3.05) is 19.7 Å². The summed E-state index contributed by atoms with van der Waals surface area (Å²) in [4.78, 5) is 11.7. The van der Waals surface area contributed by atoms with Gasteiger partial charge < -0.3 is 10.5 Å². The molecule has 0 bridgehead atoms. The predicted octanol–water partition coefficient (Wildman–Crippen LogP) is 4.68. The number of piperidine rings is 1. The SMILES string of the molecule is Cc1cc(OCC2(CC(N)=O)CCN(S(=O)(=O)c3cccc(Cl)c3Cl)CC2)ccc1Cl. The first-order valence-corrected chi connectivity index (χ1v) is 12.2. The molecule has 0 unspecified atom stereocenters. The Morgan fingerprint density at radius 2 is 1.81 bits per heavy atom. The number of rotatable bonds is 7. The van der Waals surface area contributed by atoms with E-state index in [1.54, 1.807) is 18.2 Å². The van der Waals surface area contributed by atoms with Crippen molar-refractivity contribution in [2.45, 2.75) is 31.1 Å². The summed E-state index contributed by atoms with van der Waals surface area (Å²) < 4.78 is 33.5. The van der Waals surface area contributed by atoms with Gasteiger partial charge in [0.05, 0.1) is 16.7 Å². The normalized spacial score (nSPS) is 16.8. The molecule has 6 nitrogen and oxygen atoms in total. The third-order valence-electron chi connectivity index (χ3n) is 5.54. The van der Waals surface area contributed by atoms with Crippen molar-refractivity contribution in [3.8, 4) is 5.75 Å². The van der Waals surface area contributed by atoms with Gasteiger partial charge in [-0.2, -0.15) is 4.31 Å². The molecule has 1 amide bonds. The lowest BCUT2D eigenvalue weighted by Crippen LogP contribution is -2.47. The fraction of sp³-hybridized carbons (Fsp3) is 0.381. The molecule has 0 spiro atoms. The van der Waals surface area contributed by atoms with Crippen molar-refractivity contribution in [3.63, 3.8) is 0 Å². The average Bonchev–Trinajstić information content (AvgIpc) is 2.71. The van der Waals surface area contributed by atoms with Gasteiger partial charge in [-0.1, -0.05) is 40.9 Å². The lowest BCUT2D eigenvalue weighted by Gasteiger charge is -2.40.